The van der Waals surface area contributed by atoms with Gasteiger partial charge in [0.1, 0.15) is 12.1 Å². The normalized spacial score (nSPS) is 19.9. The predicted molar refractivity (Wildman–Crippen MR) is 71.0 cm³/mol. The summed E-state index contributed by atoms with van der Waals surface area (Å²) >= 11 is 0. The van der Waals surface area contributed by atoms with E-state index in [1.165, 1.54) is 6.92 Å². The summed E-state index contributed by atoms with van der Waals surface area (Å²) in [6.45, 7) is 3.33. The van der Waals surface area contributed by atoms with E-state index in [4.69, 9.17) is 5.11 Å². The van der Waals surface area contributed by atoms with E-state index in [2.05, 4.69) is 5.32 Å². The van der Waals surface area contributed by atoms with Crippen LogP contribution >= 0.6 is 0 Å². The van der Waals surface area contributed by atoms with E-state index in [-0.39, 0.29) is 0 Å². The number of carbonyl (C=O) groups excluding carboxylic acids is 2. The van der Waals surface area contributed by atoms with Gasteiger partial charge >= 0.3 is 12.0 Å². The lowest BCUT2D eigenvalue weighted by molar-refractivity contribution is -0.146. The van der Waals surface area contributed by atoms with Crippen molar-refractivity contribution >= 4 is 17.9 Å². The summed E-state index contributed by atoms with van der Waals surface area (Å²) in [4.78, 5) is 35.6. The summed E-state index contributed by atoms with van der Waals surface area (Å²) in [5.74, 6) is -1.75. The van der Waals surface area contributed by atoms with E-state index in [1.54, 1.807) is 12.1 Å². The molecule has 2 atom stereocenters. The van der Waals surface area contributed by atoms with Crippen LogP contribution < -0.4 is 5.32 Å². The molecule has 1 aromatic rings. The Morgan fingerprint density at radius 2 is 1.95 bits per heavy atom. The molecule has 106 valence electrons. The van der Waals surface area contributed by atoms with Crippen LogP contribution in [0.2, 0.25) is 0 Å². The predicted octanol–water partition coefficient (Wildman–Crippen LogP) is 1.31. The summed E-state index contributed by atoms with van der Waals surface area (Å²) in [5.41, 5.74) is 1.78. The molecule has 1 aliphatic heterocycles. The second kappa shape index (κ2) is 5.32. The third kappa shape index (κ3) is 2.36. The molecule has 2 unspecified atom stereocenters. The molecule has 0 spiro atoms. The van der Waals surface area contributed by atoms with Gasteiger partial charge in [-0.05, 0) is 24.5 Å². The monoisotopic (exact) mass is 276 g/mol. The number of aliphatic carboxylic acids is 1. The third-order valence-electron chi connectivity index (χ3n) is 3.44. The zero-order valence-corrected chi connectivity index (χ0v) is 11.3. The van der Waals surface area contributed by atoms with E-state index < -0.39 is 30.0 Å². The fourth-order valence-corrected chi connectivity index (χ4v) is 2.14. The van der Waals surface area contributed by atoms with Gasteiger partial charge in [-0.2, -0.15) is 0 Å². The van der Waals surface area contributed by atoms with Gasteiger partial charge in [0, 0.05) is 0 Å². The Bertz CT molecular complexity index is 553. The summed E-state index contributed by atoms with van der Waals surface area (Å²) in [6, 6.07) is 4.66. The van der Waals surface area contributed by atoms with Crippen LogP contribution in [0.3, 0.4) is 0 Å². The molecule has 6 nitrogen and oxygen atoms in total. The van der Waals surface area contributed by atoms with Gasteiger partial charge in [0.2, 0.25) is 0 Å². The highest BCUT2D eigenvalue weighted by Crippen LogP contribution is 2.24. The number of hydrogen-bond donors (Lipinski definition) is 2. The van der Waals surface area contributed by atoms with Gasteiger partial charge in [0.25, 0.3) is 5.91 Å². The number of nitrogens with zero attached hydrogens (tertiary/aromatic N) is 1. The highest BCUT2D eigenvalue weighted by molar-refractivity contribution is 6.07. The first-order valence-electron chi connectivity index (χ1n) is 6.41. The topological polar surface area (TPSA) is 86.7 Å². The number of aryl methyl sites for hydroxylation is 1. The number of amides is 3. The lowest BCUT2D eigenvalue weighted by Crippen LogP contribution is -2.43. The Hall–Kier alpha value is -2.37. The molecule has 3 amide bonds. The Morgan fingerprint density at radius 1 is 1.35 bits per heavy atom. The van der Waals surface area contributed by atoms with Gasteiger partial charge < -0.3 is 10.4 Å². The molecule has 1 fully saturated rings. The summed E-state index contributed by atoms with van der Waals surface area (Å²) < 4.78 is 0. The minimum Gasteiger partial charge on any atom is -0.480 e. The van der Waals surface area contributed by atoms with Crippen molar-refractivity contribution in [3.05, 3.63) is 35.4 Å². The van der Waals surface area contributed by atoms with Gasteiger partial charge in [-0.25, -0.2) is 14.5 Å². The molecular weight excluding hydrogens is 260 g/mol. The van der Waals surface area contributed by atoms with Crippen molar-refractivity contribution < 1.29 is 19.5 Å². The minimum absolute atomic E-state index is 0.533. The van der Waals surface area contributed by atoms with Crippen LogP contribution in [0.5, 0.6) is 0 Å². The molecule has 0 aromatic heterocycles. The van der Waals surface area contributed by atoms with E-state index in [0.717, 1.165) is 16.9 Å². The fraction of sp³-hybridized carbons (Fsp3) is 0.357. The number of imide groups is 1. The van der Waals surface area contributed by atoms with Crippen LogP contribution in [0, 0.1) is 0 Å². The molecule has 2 rings (SSSR count). The summed E-state index contributed by atoms with van der Waals surface area (Å²) in [5, 5.41) is 11.4. The lowest BCUT2D eigenvalue weighted by atomic mass is 10.0. The van der Waals surface area contributed by atoms with Gasteiger partial charge in [-0.3, -0.25) is 4.79 Å². The van der Waals surface area contributed by atoms with Gasteiger partial charge in [-0.1, -0.05) is 31.2 Å². The number of benzene rings is 1. The van der Waals surface area contributed by atoms with Crippen molar-refractivity contribution in [2.24, 2.45) is 0 Å². The van der Waals surface area contributed by atoms with E-state index in [9.17, 15) is 14.4 Å². The molecule has 1 aliphatic rings. The molecule has 1 saturated heterocycles. The van der Waals surface area contributed by atoms with Crippen LogP contribution in [0.4, 0.5) is 4.79 Å². The summed E-state index contributed by atoms with van der Waals surface area (Å²) in [6.07, 6.45) is 0.882. The van der Waals surface area contributed by atoms with Crippen molar-refractivity contribution in [1.82, 2.24) is 10.2 Å². The third-order valence-corrected chi connectivity index (χ3v) is 3.44. The second-order valence-corrected chi connectivity index (χ2v) is 4.70. The summed E-state index contributed by atoms with van der Waals surface area (Å²) in [7, 11) is 0. The largest absolute Gasteiger partial charge is 0.480 e. The van der Waals surface area contributed by atoms with E-state index in [0.29, 0.717) is 5.56 Å². The number of rotatable bonds is 4. The molecule has 0 bridgehead atoms. The van der Waals surface area contributed by atoms with Crippen molar-refractivity contribution in [2.45, 2.75) is 32.4 Å². The molecule has 1 heterocycles. The highest BCUT2D eigenvalue weighted by atomic mass is 16.4. The number of urea groups is 1. The molecule has 1 aromatic carbocycles. The maximum Gasteiger partial charge on any atom is 0.326 e. The van der Waals surface area contributed by atoms with Crippen molar-refractivity contribution in [2.75, 3.05) is 0 Å². The maximum atomic E-state index is 12.2. The molecule has 0 aliphatic carbocycles. The quantitative estimate of drug-likeness (QED) is 0.812. The fourth-order valence-electron chi connectivity index (χ4n) is 2.14. The molecule has 6 heteroatoms. The van der Waals surface area contributed by atoms with Crippen LogP contribution in [-0.4, -0.2) is 34.0 Å². The maximum absolute atomic E-state index is 12.2. The van der Waals surface area contributed by atoms with Crippen LogP contribution in [0.1, 0.15) is 31.0 Å². The first-order valence-corrected chi connectivity index (χ1v) is 6.41. The number of hydrogen-bond acceptors (Lipinski definition) is 3. The van der Waals surface area contributed by atoms with Gasteiger partial charge in [0.05, 0.1) is 0 Å². The average Bonchev–Trinajstić information content (AvgIpc) is 2.73. The second-order valence-electron chi connectivity index (χ2n) is 4.70. The molecule has 20 heavy (non-hydrogen) atoms. The number of carboxylic acids is 1. The lowest BCUT2D eigenvalue weighted by Gasteiger charge is -2.17. The Kier molecular flexibility index (Phi) is 3.74. The minimum atomic E-state index is -1.21. The van der Waals surface area contributed by atoms with Crippen molar-refractivity contribution in [3.63, 3.8) is 0 Å². The van der Waals surface area contributed by atoms with Crippen molar-refractivity contribution in [3.8, 4) is 0 Å². The first kappa shape index (κ1) is 14.0. The standard InChI is InChI=1S/C14H16N2O4/c1-3-9-4-6-10(7-5-9)11-12(17)16(14(20)15-11)8(2)13(18)19/h4-8,11H,3H2,1-2H3,(H,15,20)(H,18,19). The average molecular weight is 276 g/mol. The van der Waals surface area contributed by atoms with E-state index in [1.807, 2.05) is 19.1 Å². The van der Waals surface area contributed by atoms with Crippen molar-refractivity contribution in [1.29, 1.82) is 0 Å². The Labute approximate surface area is 116 Å². The smallest absolute Gasteiger partial charge is 0.326 e. The molecule has 2 N–H and O–H groups in total. The number of carbonyl (C=O) groups is 3. The molecule has 0 saturated carbocycles. The van der Waals surface area contributed by atoms with Crippen LogP contribution in [0.25, 0.3) is 0 Å². The SMILES string of the molecule is CCc1ccc(C2NC(=O)N(C(C)C(=O)O)C2=O)cc1. The van der Waals surface area contributed by atoms with E-state index >= 15 is 0 Å². The Morgan fingerprint density at radius 3 is 2.45 bits per heavy atom. The highest BCUT2D eigenvalue weighted by Gasteiger charge is 2.43. The molecule has 0 radical (unpaired) electrons. The van der Waals surface area contributed by atoms with Gasteiger partial charge in [0.15, 0.2) is 0 Å². The van der Waals surface area contributed by atoms with Gasteiger partial charge in [-0.15, -0.1) is 0 Å². The van der Waals surface area contributed by atoms with Crippen LogP contribution in [0.15, 0.2) is 24.3 Å². The first-order chi connectivity index (χ1) is 9.45. The zero-order valence-electron chi connectivity index (χ0n) is 11.3. The number of carboxylic acid groups (broad SMARTS) is 1. The van der Waals surface area contributed by atoms with Crippen LogP contribution in [-0.2, 0) is 16.0 Å². The molecular formula is C14H16N2O4. The zero-order chi connectivity index (χ0) is 14.9. The number of nitrogens with one attached hydrogen (secondary N) is 1. The Balaban J connectivity index is 2.24.